The molecule has 0 saturated carbocycles. The van der Waals surface area contributed by atoms with Crippen molar-refractivity contribution in [2.45, 2.75) is 19.8 Å². The van der Waals surface area contributed by atoms with Crippen LogP contribution in [0.4, 0.5) is 5.69 Å². The van der Waals surface area contributed by atoms with Crippen LogP contribution in [0, 0.1) is 17.0 Å². The van der Waals surface area contributed by atoms with E-state index < -0.39 is 0 Å². The highest BCUT2D eigenvalue weighted by Crippen LogP contribution is 2.31. The second-order valence-electron chi connectivity index (χ2n) is 4.45. The molecule has 0 aliphatic rings. The van der Waals surface area contributed by atoms with Crippen molar-refractivity contribution in [3.63, 3.8) is 0 Å². The van der Waals surface area contributed by atoms with Crippen LogP contribution in [0.5, 0.6) is 0 Å². The predicted octanol–water partition coefficient (Wildman–Crippen LogP) is 4.06. The van der Waals surface area contributed by atoms with Crippen LogP contribution in [0.15, 0.2) is 48.5 Å². The number of nitro benzene ring substituents is 1. The van der Waals surface area contributed by atoms with Crippen molar-refractivity contribution in [1.29, 1.82) is 0 Å². The highest BCUT2D eigenvalue weighted by atomic mass is 16.6. The molecule has 0 aromatic heterocycles. The molecule has 0 radical (unpaired) electrons. The molecule has 0 bridgehead atoms. The molecule has 0 fully saturated rings. The minimum atomic E-state index is -0.319. The quantitative estimate of drug-likeness (QED) is 0.601. The van der Waals surface area contributed by atoms with Crippen LogP contribution in [0.25, 0.3) is 0 Å². The van der Waals surface area contributed by atoms with Crippen molar-refractivity contribution < 1.29 is 4.92 Å². The van der Waals surface area contributed by atoms with Gasteiger partial charge in [0.2, 0.25) is 0 Å². The fraction of sp³-hybridized carbons (Fsp3) is 0.200. The first-order valence-electron chi connectivity index (χ1n) is 5.89. The maximum Gasteiger partial charge on any atom is 0.273 e. The zero-order valence-electron chi connectivity index (χ0n) is 10.5. The van der Waals surface area contributed by atoms with Gasteiger partial charge in [-0.1, -0.05) is 55.0 Å². The molecular weight excluding hydrogens is 226 g/mol. The zero-order valence-corrected chi connectivity index (χ0v) is 10.5. The number of benzene rings is 2. The van der Waals surface area contributed by atoms with E-state index in [1.165, 1.54) is 5.56 Å². The van der Waals surface area contributed by atoms with Gasteiger partial charge in [-0.15, -0.1) is 0 Å². The molecule has 0 heterocycles. The van der Waals surface area contributed by atoms with Crippen LogP contribution >= 0.6 is 0 Å². The van der Waals surface area contributed by atoms with Crippen molar-refractivity contribution in [3.8, 4) is 0 Å². The van der Waals surface area contributed by atoms with Crippen molar-refractivity contribution >= 4 is 5.69 Å². The first-order chi connectivity index (χ1) is 8.59. The third-order valence-electron chi connectivity index (χ3n) is 3.18. The van der Waals surface area contributed by atoms with Gasteiger partial charge in [0.05, 0.1) is 4.92 Å². The molecule has 0 saturated heterocycles. The minimum absolute atomic E-state index is 0.0206. The van der Waals surface area contributed by atoms with Gasteiger partial charge in [0.25, 0.3) is 5.69 Å². The summed E-state index contributed by atoms with van der Waals surface area (Å²) < 4.78 is 0. The average Bonchev–Trinajstić information content (AvgIpc) is 2.39. The van der Waals surface area contributed by atoms with Gasteiger partial charge in [-0.25, -0.2) is 0 Å². The number of aryl methyl sites for hydroxylation is 1. The Morgan fingerprint density at radius 3 is 2.28 bits per heavy atom. The molecule has 2 aromatic rings. The van der Waals surface area contributed by atoms with Crippen molar-refractivity contribution in [1.82, 2.24) is 0 Å². The summed E-state index contributed by atoms with van der Waals surface area (Å²) >= 11 is 0. The van der Waals surface area contributed by atoms with E-state index in [9.17, 15) is 10.1 Å². The van der Waals surface area contributed by atoms with Gasteiger partial charge in [0.1, 0.15) is 0 Å². The van der Waals surface area contributed by atoms with E-state index in [2.05, 4.69) is 0 Å². The first kappa shape index (κ1) is 12.3. The summed E-state index contributed by atoms with van der Waals surface area (Å²) in [4.78, 5) is 10.7. The molecule has 3 nitrogen and oxygen atoms in total. The Kier molecular flexibility index (Phi) is 3.42. The van der Waals surface area contributed by atoms with Gasteiger partial charge in [-0.3, -0.25) is 10.1 Å². The van der Waals surface area contributed by atoms with Crippen molar-refractivity contribution in [3.05, 3.63) is 75.3 Å². The Hall–Kier alpha value is -2.16. The molecule has 3 heteroatoms. The molecule has 2 aromatic carbocycles. The van der Waals surface area contributed by atoms with Gasteiger partial charge in [0.15, 0.2) is 0 Å². The standard InChI is InChI=1S/C15H15NO2/c1-11-7-9-13(10-8-11)12(2)14-5-3-4-6-15(14)16(17)18/h3-10,12H,1-2H3. The Labute approximate surface area is 106 Å². The summed E-state index contributed by atoms with van der Waals surface area (Å²) in [5.74, 6) is 0.0206. The number of nitro groups is 1. The summed E-state index contributed by atoms with van der Waals surface area (Å²) in [7, 11) is 0. The van der Waals surface area contributed by atoms with Crippen LogP contribution in [-0.2, 0) is 0 Å². The van der Waals surface area contributed by atoms with Crippen LogP contribution in [0.2, 0.25) is 0 Å². The van der Waals surface area contributed by atoms with Crippen molar-refractivity contribution in [2.24, 2.45) is 0 Å². The van der Waals surface area contributed by atoms with Crippen LogP contribution < -0.4 is 0 Å². The molecule has 0 spiro atoms. The zero-order chi connectivity index (χ0) is 13.1. The Bertz CT molecular complexity index is 561. The number of hydrogen-bond donors (Lipinski definition) is 0. The lowest BCUT2D eigenvalue weighted by Gasteiger charge is -2.12. The topological polar surface area (TPSA) is 43.1 Å². The van der Waals surface area contributed by atoms with E-state index in [-0.39, 0.29) is 16.5 Å². The lowest BCUT2D eigenvalue weighted by molar-refractivity contribution is -0.385. The van der Waals surface area contributed by atoms with Gasteiger partial charge in [-0.05, 0) is 12.5 Å². The molecule has 92 valence electrons. The van der Waals surface area contributed by atoms with E-state index in [4.69, 9.17) is 0 Å². The van der Waals surface area contributed by atoms with E-state index in [0.717, 1.165) is 11.1 Å². The van der Waals surface area contributed by atoms with E-state index in [1.54, 1.807) is 12.1 Å². The fourth-order valence-electron chi connectivity index (χ4n) is 2.05. The van der Waals surface area contributed by atoms with Crippen molar-refractivity contribution in [2.75, 3.05) is 0 Å². The van der Waals surface area contributed by atoms with E-state index >= 15 is 0 Å². The largest absolute Gasteiger partial charge is 0.273 e. The summed E-state index contributed by atoms with van der Waals surface area (Å²) in [6, 6.07) is 15.0. The average molecular weight is 241 g/mol. The van der Waals surface area contributed by atoms with Gasteiger partial charge in [-0.2, -0.15) is 0 Å². The molecule has 0 aliphatic carbocycles. The lowest BCUT2D eigenvalue weighted by atomic mass is 9.91. The molecular formula is C15H15NO2. The maximum atomic E-state index is 11.0. The molecule has 18 heavy (non-hydrogen) atoms. The second kappa shape index (κ2) is 5.00. The molecule has 2 rings (SSSR count). The molecule has 0 amide bonds. The summed E-state index contributed by atoms with van der Waals surface area (Å²) in [6.45, 7) is 4.02. The van der Waals surface area contributed by atoms with Crippen LogP contribution in [0.3, 0.4) is 0 Å². The predicted molar refractivity (Wildman–Crippen MR) is 71.8 cm³/mol. The highest BCUT2D eigenvalue weighted by Gasteiger charge is 2.19. The summed E-state index contributed by atoms with van der Waals surface area (Å²) in [5, 5.41) is 11.0. The maximum absolute atomic E-state index is 11.0. The Balaban J connectivity index is 2.42. The Morgan fingerprint density at radius 2 is 1.67 bits per heavy atom. The SMILES string of the molecule is Cc1ccc(C(C)c2ccccc2[N+](=O)[O-])cc1. The van der Waals surface area contributed by atoms with E-state index in [1.807, 2.05) is 50.2 Å². The van der Waals surface area contributed by atoms with Crippen LogP contribution in [0.1, 0.15) is 29.5 Å². The molecule has 0 N–H and O–H groups in total. The summed E-state index contributed by atoms with van der Waals surface area (Å²) in [6.07, 6.45) is 0. The second-order valence-corrected chi connectivity index (χ2v) is 4.45. The lowest BCUT2D eigenvalue weighted by Crippen LogP contribution is -2.01. The summed E-state index contributed by atoms with van der Waals surface area (Å²) in [5.41, 5.74) is 3.22. The highest BCUT2D eigenvalue weighted by molar-refractivity contribution is 5.46. The number of nitrogens with zero attached hydrogens (tertiary/aromatic N) is 1. The fourth-order valence-corrected chi connectivity index (χ4v) is 2.05. The third-order valence-corrected chi connectivity index (χ3v) is 3.18. The van der Waals surface area contributed by atoms with Crippen LogP contribution in [-0.4, -0.2) is 4.92 Å². The third kappa shape index (κ3) is 2.40. The molecule has 1 atom stereocenters. The normalized spacial score (nSPS) is 12.1. The number of rotatable bonds is 3. The minimum Gasteiger partial charge on any atom is -0.258 e. The van der Waals surface area contributed by atoms with Gasteiger partial charge in [0, 0.05) is 17.5 Å². The smallest absolute Gasteiger partial charge is 0.258 e. The van der Waals surface area contributed by atoms with E-state index in [0.29, 0.717) is 0 Å². The monoisotopic (exact) mass is 241 g/mol. The first-order valence-corrected chi connectivity index (χ1v) is 5.89. The van der Waals surface area contributed by atoms with Gasteiger partial charge < -0.3 is 0 Å². The molecule has 0 aliphatic heterocycles. The number of hydrogen-bond acceptors (Lipinski definition) is 2. The molecule has 1 unspecified atom stereocenters. The van der Waals surface area contributed by atoms with Gasteiger partial charge >= 0.3 is 0 Å². The Morgan fingerprint density at radius 1 is 1.06 bits per heavy atom. The number of para-hydroxylation sites is 1.